The molecule has 140 valence electrons. The number of hydrogen-bond donors (Lipinski definition) is 1. The highest BCUT2D eigenvalue weighted by atomic mass is 19.3. The maximum Gasteiger partial charge on any atom is 0.270 e. The van der Waals surface area contributed by atoms with E-state index in [-0.39, 0.29) is 16.9 Å². The Bertz CT molecular complexity index is 949. The molecule has 0 aromatic carbocycles. The first-order valence-electron chi connectivity index (χ1n) is 8.26. The van der Waals surface area contributed by atoms with Crippen LogP contribution in [0.2, 0.25) is 0 Å². The van der Waals surface area contributed by atoms with E-state index in [0.29, 0.717) is 17.3 Å². The van der Waals surface area contributed by atoms with E-state index in [9.17, 15) is 8.78 Å². The average Bonchev–Trinajstić information content (AvgIpc) is 3.23. The Kier molecular flexibility index (Phi) is 5.95. The third kappa shape index (κ3) is 4.31. The number of hydrogen-bond acceptors (Lipinski definition) is 2. The first-order chi connectivity index (χ1) is 12.7. The van der Waals surface area contributed by atoms with Crippen molar-refractivity contribution >= 4 is 11.1 Å². The molecule has 2 rings (SSSR count). The molecule has 0 spiro atoms. The van der Waals surface area contributed by atoms with Gasteiger partial charge in [-0.15, -0.1) is 0 Å². The van der Waals surface area contributed by atoms with Gasteiger partial charge >= 0.3 is 0 Å². The Morgan fingerprint density at radius 2 is 1.85 bits per heavy atom. The molecule has 0 radical (unpaired) electrons. The van der Waals surface area contributed by atoms with Gasteiger partial charge in [-0.05, 0) is 19.1 Å². The fraction of sp³-hybridized carbons (Fsp3) is 0.136. The zero-order valence-electron chi connectivity index (χ0n) is 15.5. The van der Waals surface area contributed by atoms with Gasteiger partial charge in [0.05, 0.1) is 5.69 Å². The Morgan fingerprint density at radius 1 is 1.19 bits per heavy atom. The van der Waals surface area contributed by atoms with Crippen LogP contribution in [-0.4, -0.2) is 15.9 Å². The molecule has 1 N–H and O–H groups in total. The number of aryl methyl sites for hydroxylation is 1. The second kappa shape index (κ2) is 7.99. The molecule has 0 aliphatic carbocycles. The van der Waals surface area contributed by atoms with Crippen molar-refractivity contribution < 1.29 is 13.2 Å². The summed E-state index contributed by atoms with van der Waals surface area (Å²) in [5, 5.41) is 0. The van der Waals surface area contributed by atoms with Crippen molar-refractivity contribution in [1.29, 1.82) is 0 Å². The van der Waals surface area contributed by atoms with Crippen molar-refractivity contribution in [2.75, 3.05) is 0 Å². The molecule has 0 saturated carbocycles. The Balaban J connectivity index is 2.46. The van der Waals surface area contributed by atoms with E-state index in [4.69, 9.17) is 4.42 Å². The molecular weight excluding hydrogens is 346 g/mol. The van der Waals surface area contributed by atoms with Gasteiger partial charge in [-0.3, -0.25) is 0 Å². The minimum absolute atomic E-state index is 0.186. The minimum Gasteiger partial charge on any atom is -0.453 e. The van der Waals surface area contributed by atoms with Crippen molar-refractivity contribution in [3.8, 4) is 11.6 Å². The van der Waals surface area contributed by atoms with Gasteiger partial charge < -0.3 is 9.40 Å². The van der Waals surface area contributed by atoms with Crippen molar-refractivity contribution in [2.45, 2.75) is 19.8 Å². The molecule has 2 aromatic heterocycles. The quantitative estimate of drug-likeness (QED) is 0.539. The van der Waals surface area contributed by atoms with Crippen LogP contribution in [0.15, 0.2) is 78.8 Å². The largest absolute Gasteiger partial charge is 0.453 e. The number of allylic oxidation sites excluding steroid dienone is 8. The molecule has 0 atom stereocenters. The lowest BCUT2D eigenvalue weighted by Crippen LogP contribution is -2.13. The summed E-state index contributed by atoms with van der Waals surface area (Å²) >= 11 is 0. The number of alkyl halides is 2. The summed E-state index contributed by atoms with van der Waals surface area (Å²) in [6.07, 6.45) is 7.99. The first-order valence-corrected chi connectivity index (χ1v) is 8.26. The van der Waals surface area contributed by atoms with Crippen molar-refractivity contribution in [2.24, 2.45) is 0 Å². The smallest absolute Gasteiger partial charge is 0.270 e. The summed E-state index contributed by atoms with van der Waals surface area (Å²) in [5.41, 5.74) is 2.18. The fourth-order valence-corrected chi connectivity index (χ4v) is 2.52. The van der Waals surface area contributed by atoms with Gasteiger partial charge in [0.2, 0.25) is 0 Å². The third-order valence-corrected chi connectivity index (χ3v) is 3.92. The van der Waals surface area contributed by atoms with Crippen molar-refractivity contribution in [3.63, 3.8) is 0 Å². The monoisotopic (exact) mass is 368 g/mol. The second-order valence-corrected chi connectivity index (χ2v) is 5.97. The number of H-pyrrole nitrogens is 1. The fourth-order valence-electron chi connectivity index (χ4n) is 2.52. The lowest BCUT2D eigenvalue weighted by atomic mass is 10.00. The number of nitrogens with one attached hydrogen (secondary N) is 1. The van der Waals surface area contributed by atoms with Crippen LogP contribution in [0.1, 0.15) is 24.1 Å². The predicted molar refractivity (Wildman–Crippen MR) is 107 cm³/mol. The summed E-state index contributed by atoms with van der Waals surface area (Å²) in [6.45, 7) is 17.2. The number of imidazole rings is 1. The van der Waals surface area contributed by atoms with Gasteiger partial charge in [0.25, 0.3) is 5.92 Å². The number of furan rings is 1. The first kappa shape index (κ1) is 20.1. The van der Waals surface area contributed by atoms with E-state index in [0.717, 1.165) is 18.2 Å². The summed E-state index contributed by atoms with van der Waals surface area (Å²) in [6, 6.07) is 3.27. The van der Waals surface area contributed by atoms with E-state index < -0.39 is 5.92 Å². The number of aromatic nitrogens is 2. The van der Waals surface area contributed by atoms with Gasteiger partial charge in [0, 0.05) is 29.3 Å². The molecule has 2 aromatic rings. The Labute approximate surface area is 157 Å². The molecule has 0 bridgehead atoms. The third-order valence-electron chi connectivity index (χ3n) is 3.92. The summed E-state index contributed by atoms with van der Waals surface area (Å²) in [7, 11) is 0. The highest BCUT2D eigenvalue weighted by molar-refractivity contribution is 5.79. The molecule has 5 heteroatoms. The van der Waals surface area contributed by atoms with Gasteiger partial charge in [-0.25, -0.2) is 13.8 Å². The lowest BCUT2D eigenvalue weighted by Gasteiger charge is -2.15. The van der Waals surface area contributed by atoms with Crippen molar-refractivity contribution in [1.82, 2.24) is 9.97 Å². The van der Waals surface area contributed by atoms with Crippen LogP contribution in [0.25, 0.3) is 22.7 Å². The topological polar surface area (TPSA) is 41.8 Å². The van der Waals surface area contributed by atoms with Crippen molar-refractivity contribution in [3.05, 3.63) is 91.5 Å². The summed E-state index contributed by atoms with van der Waals surface area (Å²) in [5.74, 6) is -1.91. The standard InChI is InChI=1S/C22H22F2N2O/c1-7-10-16(9-3)20-15(5)25-21(26-20)19-13-12-18(27-19)17(11-8-2)14(4)22(6,23)24/h7-13H,1-4H2,5-6H3,(H,25,26)/b16-10+,17-11+. The SMILES string of the molecule is C=C/C=C(\C(=C)C(C)(F)F)c1ccc(-c2nc(/C(C=C)=C/C=C)c(C)[nH]2)o1. The van der Waals surface area contributed by atoms with Crippen LogP contribution in [0.4, 0.5) is 8.78 Å². The summed E-state index contributed by atoms with van der Waals surface area (Å²) < 4.78 is 33.2. The zero-order chi connectivity index (χ0) is 20.2. The van der Waals surface area contributed by atoms with E-state index >= 15 is 0 Å². The van der Waals surface area contributed by atoms with Crippen LogP contribution >= 0.6 is 0 Å². The lowest BCUT2D eigenvalue weighted by molar-refractivity contribution is 0.0691. The molecule has 0 fully saturated rings. The van der Waals surface area contributed by atoms with Crippen LogP contribution in [0.3, 0.4) is 0 Å². The highest BCUT2D eigenvalue weighted by Crippen LogP contribution is 2.36. The Morgan fingerprint density at radius 3 is 2.41 bits per heavy atom. The molecule has 0 amide bonds. The minimum atomic E-state index is -3.08. The van der Waals surface area contributed by atoms with E-state index in [2.05, 4.69) is 36.3 Å². The average molecular weight is 368 g/mol. The number of aromatic amines is 1. The highest BCUT2D eigenvalue weighted by Gasteiger charge is 2.30. The number of rotatable bonds is 8. The van der Waals surface area contributed by atoms with Gasteiger partial charge in [0.1, 0.15) is 5.76 Å². The molecule has 2 heterocycles. The van der Waals surface area contributed by atoms with E-state index in [1.54, 1.807) is 30.4 Å². The van der Waals surface area contributed by atoms with Gasteiger partial charge in [-0.2, -0.15) is 0 Å². The van der Waals surface area contributed by atoms with Crippen LogP contribution < -0.4 is 0 Å². The number of halogens is 2. The van der Waals surface area contributed by atoms with Gasteiger partial charge in [-0.1, -0.05) is 56.7 Å². The molecule has 0 saturated heterocycles. The molecule has 3 nitrogen and oxygen atoms in total. The molecular formula is C22H22F2N2O. The molecule has 0 unspecified atom stereocenters. The molecule has 0 aliphatic heterocycles. The normalized spacial score (nSPS) is 12.7. The van der Waals surface area contributed by atoms with Gasteiger partial charge in [0.15, 0.2) is 11.6 Å². The van der Waals surface area contributed by atoms with Crippen LogP contribution in [-0.2, 0) is 0 Å². The maximum atomic E-state index is 13.7. The van der Waals surface area contributed by atoms with E-state index in [1.165, 1.54) is 12.2 Å². The molecule has 0 aliphatic rings. The van der Waals surface area contributed by atoms with Crippen LogP contribution in [0.5, 0.6) is 0 Å². The van der Waals surface area contributed by atoms with E-state index in [1.807, 2.05) is 6.92 Å². The second-order valence-electron chi connectivity index (χ2n) is 5.97. The zero-order valence-corrected chi connectivity index (χ0v) is 15.5. The summed E-state index contributed by atoms with van der Waals surface area (Å²) in [4.78, 5) is 7.68. The maximum absolute atomic E-state index is 13.7. The molecule has 27 heavy (non-hydrogen) atoms. The van der Waals surface area contributed by atoms with Crippen LogP contribution in [0, 0.1) is 6.92 Å². The predicted octanol–water partition coefficient (Wildman–Crippen LogP) is 6.51. The number of nitrogens with zero attached hydrogens (tertiary/aromatic N) is 1. The Hall–Kier alpha value is -3.21.